The molecule has 1 aromatic heterocycles. The summed E-state index contributed by atoms with van der Waals surface area (Å²) in [4.78, 5) is 13.7. The van der Waals surface area contributed by atoms with Crippen LogP contribution in [0.4, 0.5) is 11.5 Å². The Labute approximate surface area is 68.5 Å². The molecule has 0 aliphatic rings. The molecule has 0 bridgehead atoms. The van der Waals surface area contributed by atoms with Crippen molar-refractivity contribution < 1.29 is 4.92 Å². The predicted molar refractivity (Wildman–Crippen MR) is 43.4 cm³/mol. The molecule has 0 atom stereocenters. The second kappa shape index (κ2) is 3.14. The Morgan fingerprint density at radius 1 is 1.75 bits per heavy atom. The number of anilines is 1. The van der Waals surface area contributed by atoms with Crippen molar-refractivity contribution in [1.82, 2.24) is 4.98 Å². The van der Waals surface area contributed by atoms with Crippen molar-refractivity contribution in [3.05, 3.63) is 27.9 Å². The lowest BCUT2D eigenvalue weighted by Crippen LogP contribution is -2.09. The Morgan fingerprint density at radius 2 is 2.42 bits per heavy atom. The highest BCUT2D eigenvalue weighted by molar-refractivity contribution is 5.48. The summed E-state index contributed by atoms with van der Waals surface area (Å²) in [6.07, 6.45) is 1.40. The first-order chi connectivity index (χ1) is 5.65. The lowest BCUT2D eigenvalue weighted by molar-refractivity contribution is -0.385. The monoisotopic (exact) mass is 168 g/mol. The van der Waals surface area contributed by atoms with E-state index in [0.29, 0.717) is 5.56 Å². The number of nitrogens with one attached hydrogen (secondary N) is 1. The van der Waals surface area contributed by atoms with E-state index in [1.165, 1.54) is 12.3 Å². The van der Waals surface area contributed by atoms with Gasteiger partial charge in [-0.05, 0) is 6.92 Å². The fourth-order valence-electron chi connectivity index (χ4n) is 0.789. The maximum absolute atomic E-state index is 10.4. The fourth-order valence-corrected chi connectivity index (χ4v) is 0.789. The molecule has 0 aromatic carbocycles. The van der Waals surface area contributed by atoms with E-state index < -0.39 is 4.92 Å². The second-order valence-corrected chi connectivity index (χ2v) is 2.26. The van der Waals surface area contributed by atoms with Crippen molar-refractivity contribution in [2.45, 2.75) is 6.92 Å². The van der Waals surface area contributed by atoms with Crippen LogP contribution in [0.25, 0.3) is 0 Å². The van der Waals surface area contributed by atoms with Gasteiger partial charge in [0.05, 0.1) is 11.0 Å². The molecule has 0 aliphatic heterocycles. The highest BCUT2D eigenvalue weighted by Gasteiger charge is 2.10. The van der Waals surface area contributed by atoms with E-state index >= 15 is 0 Å². The number of aryl methyl sites for hydroxylation is 1. The fraction of sp³-hybridized carbons (Fsp3) is 0.167. The number of pyridine rings is 1. The third-order valence-corrected chi connectivity index (χ3v) is 1.42. The third kappa shape index (κ3) is 1.48. The Bertz CT molecular complexity index is 312. The maximum atomic E-state index is 10.4. The Kier molecular flexibility index (Phi) is 2.20. The number of rotatable bonds is 2. The summed E-state index contributed by atoms with van der Waals surface area (Å²) in [5, 5.41) is 10.4. The normalized spacial score (nSPS) is 9.50. The van der Waals surface area contributed by atoms with Gasteiger partial charge in [0.2, 0.25) is 0 Å². The van der Waals surface area contributed by atoms with E-state index in [1.807, 2.05) is 0 Å². The molecule has 1 rings (SSSR count). The van der Waals surface area contributed by atoms with Crippen LogP contribution in [0, 0.1) is 17.0 Å². The van der Waals surface area contributed by atoms with Crippen molar-refractivity contribution in [1.29, 1.82) is 0 Å². The van der Waals surface area contributed by atoms with Crippen LogP contribution >= 0.6 is 0 Å². The average Bonchev–Trinajstić information content (AvgIpc) is 2.05. The van der Waals surface area contributed by atoms with Crippen LogP contribution in [-0.2, 0) is 0 Å². The molecule has 0 unspecified atom stereocenters. The Balaban J connectivity index is 3.17. The van der Waals surface area contributed by atoms with Gasteiger partial charge in [-0.2, -0.15) is 0 Å². The molecule has 3 N–H and O–H groups in total. The van der Waals surface area contributed by atoms with Gasteiger partial charge in [-0.15, -0.1) is 0 Å². The molecular weight excluding hydrogens is 160 g/mol. The first kappa shape index (κ1) is 8.41. The second-order valence-electron chi connectivity index (χ2n) is 2.26. The number of hydrazine groups is 1. The topological polar surface area (TPSA) is 94.1 Å². The van der Waals surface area contributed by atoms with E-state index in [1.54, 1.807) is 6.92 Å². The van der Waals surface area contributed by atoms with E-state index in [0.717, 1.165) is 0 Å². The van der Waals surface area contributed by atoms with Gasteiger partial charge >= 0.3 is 0 Å². The summed E-state index contributed by atoms with van der Waals surface area (Å²) in [5.41, 5.74) is 2.76. The molecule has 0 radical (unpaired) electrons. The van der Waals surface area contributed by atoms with Gasteiger partial charge in [0.15, 0.2) is 0 Å². The molecule has 12 heavy (non-hydrogen) atoms. The molecule has 64 valence electrons. The van der Waals surface area contributed by atoms with Crippen molar-refractivity contribution in [3.63, 3.8) is 0 Å². The average molecular weight is 168 g/mol. The van der Waals surface area contributed by atoms with Gasteiger partial charge in [-0.1, -0.05) is 0 Å². The van der Waals surface area contributed by atoms with Crippen LogP contribution in [0.2, 0.25) is 0 Å². The van der Waals surface area contributed by atoms with Gasteiger partial charge in [-0.25, -0.2) is 10.8 Å². The van der Waals surface area contributed by atoms with Crippen molar-refractivity contribution in [2.24, 2.45) is 5.84 Å². The molecular formula is C6H8N4O2. The third-order valence-electron chi connectivity index (χ3n) is 1.42. The quantitative estimate of drug-likeness (QED) is 0.382. The molecule has 0 fully saturated rings. The molecule has 1 aromatic rings. The molecule has 0 saturated carbocycles. The zero-order valence-corrected chi connectivity index (χ0v) is 6.44. The van der Waals surface area contributed by atoms with Crippen molar-refractivity contribution in [3.8, 4) is 0 Å². The zero-order valence-electron chi connectivity index (χ0n) is 6.44. The smallest absolute Gasteiger partial charge is 0.277 e. The summed E-state index contributed by atoms with van der Waals surface area (Å²) in [7, 11) is 0. The van der Waals surface area contributed by atoms with Crippen LogP contribution < -0.4 is 11.3 Å². The number of nitrogens with two attached hydrogens (primary N) is 1. The van der Waals surface area contributed by atoms with Crippen LogP contribution in [0.3, 0.4) is 0 Å². The van der Waals surface area contributed by atoms with Crippen molar-refractivity contribution in [2.75, 3.05) is 5.43 Å². The molecule has 0 spiro atoms. The highest BCUT2D eigenvalue weighted by Crippen LogP contribution is 2.18. The van der Waals surface area contributed by atoms with Gasteiger partial charge in [0.1, 0.15) is 5.82 Å². The SMILES string of the molecule is Cc1cnc(NN)cc1[N+](=O)[O-]. The summed E-state index contributed by atoms with van der Waals surface area (Å²) in [6.45, 7) is 1.62. The summed E-state index contributed by atoms with van der Waals surface area (Å²) >= 11 is 0. The van der Waals surface area contributed by atoms with Crippen molar-refractivity contribution >= 4 is 11.5 Å². The summed E-state index contributed by atoms with van der Waals surface area (Å²) < 4.78 is 0. The number of nitrogens with zero attached hydrogens (tertiary/aromatic N) is 2. The number of aromatic nitrogens is 1. The van der Waals surface area contributed by atoms with Crippen LogP contribution in [0.15, 0.2) is 12.3 Å². The Morgan fingerprint density at radius 3 is 2.92 bits per heavy atom. The molecule has 6 heteroatoms. The lowest BCUT2D eigenvalue weighted by Gasteiger charge is -1.99. The largest absolute Gasteiger partial charge is 0.308 e. The van der Waals surface area contributed by atoms with Crippen LogP contribution in [0.5, 0.6) is 0 Å². The minimum atomic E-state index is -0.474. The molecule has 0 amide bonds. The standard InChI is InChI=1S/C6H8N4O2/c1-4-3-8-6(9-7)2-5(4)10(11)12/h2-3H,7H2,1H3,(H,8,9). The number of hydrogen-bond acceptors (Lipinski definition) is 5. The number of nitrogen functional groups attached to an aromatic ring is 1. The van der Waals surface area contributed by atoms with Gasteiger partial charge in [0, 0.05) is 11.8 Å². The van der Waals surface area contributed by atoms with Gasteiger partial charge < -0.3 is 5.43 Å². The first-order valence-electron chi connectivity index (χ1n) is 3.23. The van der Waals surface area contributed by atoms with Crippen LogP contribution in [0.1, 0.15) is 5.56 Å². The minimum absolute atomic E-state index is 0.0120. The Hall–Kier alpha value is -1.69. The summed E-state index contributed by atoms with van der Waals surface area (Å²) in [6, 6.07) is 1.29. The number of hydrogen-bond donors (Lipinski definition) is 2. The summed E-state index contributed by atoms with van der Waals surface area (Å²) in [5.74, 6) is 5.32. The predicted octanol–water partition coefficient (Wildman–Crippen LogP) is 0.584. The zero-order chi connectivity index (χ0) is 9.14. The number of nitro groups is 1. The highest BCUT2D eigenvalue weighted by atomic mass is 16.6. The molecule has 0 saturated heterocycles. The van der Waals surface area contributed by atoms with E-state index in [4.69, 9.17) is 5.84 Å². The molecule has 6 nitrogen and oxygen atoms in total. The minimum Gasteiger partial charge on any atom is -0.308 e. The van der Waals surface area contributed by atoms with E-state index in [2.05, 4.69) is 10.4 Å². The van der Waals surface area contributed by atoms with Gasteiger partial charge in [0.25, 0.3) is 5.69 Å². The van der Waals surface area contributed by atoms with Crippen LogP contribution in [-0.4, -0.2) is 9.91 Å². The lowest BCUT2D eigenvalue weighted by atomic mass is 10.2. The maximum Gasteiger partial charge on any atom is 0.277 e. The van der Waals surface area contributed by atoms with Gasteiger partial charge in [-0.3, -0.25) is 10.1 Å². The molecule has 1 heterocycles. The van der Waals surface area contributed by atoms with E-state index in [-0.39, 0.29) is 11.5 Å². The first-order valence-corrected chi connectivity index (χ1v) is 3.23. The van der Waals surface area contributed by atoms with E-state index in [9.17, 15) is 10.1 Å². The molecule has 0 aliphatic carbocycles.